The van der Waals surface area contributed by atoms with Crippen molar-refractivity contribution in [2.24, 2.45) is 5.73 Å². The van der Waals surface area contributed by atoms with Crippen LogP contribution in [0.15, 0.2) is 29.8 Å². The van der Waals surface area contributed by atoms with Crippen LogP contribution in [0.1, 0.15) is 46.5 Å². The number of thioether (sulfide) groups is 1. The van der Waals surface area contributed by atoms with Crippen molar-refractivity contribution in [3.63, 3.8) is 0 Å². The van der Waals surface area contributed by atoms with Gasteiger partial charge in [-0.15, -0.1) is 11.3 Å². The Morgan fingerprint density at radius 1 is 1.24 bits per heavy atom. The highest BCUT2D eigenvalue weighted by atomic mass is 32.2. The summed E-state index contributed by atoms with van der Waals surface area (Å²) in [6.07, 6.45) is 3.44. The van der Waals surface area contributed by atoms with E-state index in [-0.39, 0.29) is 18.3 Å². The fourth-order valence-electron chi connectivity index (χ4n) is 4.93. The maximum Gasteiger partial charge on any atom is 0.250 e. The van der Waals surface area contributed by atoms with Crippen LogP contribution in [0.3, 0.4) is 0 Å². The summed E-state index contributed by atoms with van der Waals surface area (Å²) < 4.78 is 26.2. The number of carbonyl (C=O) groups is 1. The summed E-state index contributed by atoms with van der Waals surface area (Å²) in [6, 6.07) is 6.17. The van der Waals surface area contributed by atoms with E-state index in [1.54, 1.807) is 34.3 Å². The highest BCUT2D eigenvalue weighted by molar-refractivity contribution is 7.99. The predicted octanol–water partition coefficient (Wildman–Crippen LogP) is 3.68. The molecule has 1 amide bonds. The van der Waals surface area contributed by atoms with Crippen molar-refractivity contribution in [3.05, 3.63) is 45.8 Å². The smallest absolute Gasteiger partial charge is 0.250 e. The molecule has 202 valence electrons. The molecule has 0 aliphatic carbocycles. The van der Waals surface area contributed by atoms with Crippen molar-refractivity contribution in [3.8, 4) is 11.1 Å². The summed E-state index contributed by atoms with van der Waals surface area (Å²) in [5.74, 6) is 1.60. The number of primary amides is 1. The maximum absolute atomic E-state index is 12.4. The first-order valence-corrected chi connectivity index (χ1v) is 16.3. The van der Waals surface area contributed by atoms with Gasteiger partial charge in [-0.25, -0.2) is 12.7 Å². The summed E-state index contributed by atoms with van der Waals surface area (Å²) in [5.41, 5.74) is 10.1. The second-order valence-corrected chi connectivity index (χ2v) is 14.0. The Morgan fingerprint density at radius 2 is 2.00 bits per heavy atom. The van der Waals surface area contributed by atoms with Gasteiger partial charge in [0.15, 0.2) is 0 Å². The van der Waals surface area contributed by atoms with Crippen molar-refractivity contribution < 1.29 is 18.3 Å². The molecule has 3 heterocycles. The molecule has 11 heteroatoms. The van der Waals surface area contributed by atoms with Gasteiger partial charge in [-0.2, -0.15) is 11.8 Å². The van der Waals surface area contributed by atoms with Gasteiger partial charge in [0.25, 0.3) is 5.91 Å². The molecular weight excluding hydrogens is 529 g/mol. The van der Waals surface area contributed by atoms with E-state index < -0.39 is 15.9 Å². The number of aliphatic hydroxyl groups excluding tert-OH is 1. The first-order chi connectivity index (χ1) is 17.7. The molecular formula is C26H36N4O4S3. The van der Waals surface area contributed by atoms with Crippen molar-refractivity contribution in [1.82, 2.24) is 14.2 Å². The van der Waals surface area contributed by atoms with E-state index in [1.165, 1.54) is 4.88 Å². The Morgan fingerprint density at radius 3 is 2.68 bits per heavy atom. The second kappa shape index (κ2) is 12.3. The third kappa shape index (κ3) is 6.58. The number of nitrogens with one attached hydrogen (secondary N) is 1. The molecule has 1 saturated heterocycles. The average Bonchev–Trinajstić information content (AvgIpc) is 3.53. The van der Waals surface area contributed by atoms with Gasteiger partial charge in [-0.05, 0) is 73.0 Å². The first-order valence-electron chi connectivity index (χ1n) is 12.6. The van der Waals surface area contributed by atoms with Crippen LogP contribution in [0.2, 0.25) is 0 Å². The minimum absolute atomic E-state index is 0.122. The third-order valence-electron chi connectivity index (χ3n) is 7.00. The number of rotatable bonds is 12. The van der Waals surface area contributed by atoms with Crippen LogP contribution in [0, 0.1) is 0 Å². The first kappa shape index (κ1) is 28.1. The lowest BCUT2D eigenvalue weighted by Gasteiger charge is -2.31. The number of aromatic amines is 1. The maximum atomic E-state index is 12.4. The summed E-state index contributed by atoms with van der Waals surface area (Å²) in [6.45, 7) is 4.69. The Hall–Kier alpha value is -1.89. The molecule has 1 aromatic carbocycles. The van der Waals surface area contributed by atoms with Gasteiger partial charge in [0.05, 0.1) is 23.4 Å². The number of hydrogen-bond acceptors (Lipinski definition) is 7. The van der Waals surface area contributed by atoms with E-state index in [4.69, 9.17) is 10.8 Å². The van der Waals surface area contributed by atoms with Crippen molar-refractivity contribution in [2.75, 3.05) is 50.5 Å². The fraction of sp³-hybridized carbons (Fsp3) is 0.500. The van der Waals surface area contributed by atoms with Crippen LogP contribution in [0.25, 0.3) is 22.0 Å². The number of fused-ring (bicyclic) bond motifs is 1. The molecule has 0 spiro atoms. The van der Waals surface area contributed by atoms with E-state index in [2.05, 4.69) is 34.4 Å². The molecule has 1 fully saturated rings. The van der Waals surface area contributed by atoms with Crippen molar-refractivity contribution in [2.45, 2.75) is 32.2 Å². The highest BCUT2D eigenvalue weighted by Gasteiger charge is 2.29. The standard InChI is InChI=1S/C26H36N4O4S3/c1-3-37(33,34)30-6-4-18(5-7-30)24-15-28-25-22(24)13-19(14-23(25)26(27)32)20-12-21(36-17-20)16-29(2)8-10-35-11-9-31/h12-15,17-18,28,31H,3-11,16H2,1-2H3,(H2,27,32). The number of benzene rings is 1. The number of thiophene rings is 1. The summed E-state index contributed by atoms with van der Waals surface area (Å²) in [5, 5.41) is 12.0. The number of hydrogen-bond donors (Lipinski definition) is 3. The van der Waals surface area contributed by atoms with Gasteiger partial charge in [-0.3, -0.25) is 4.79 Å². The third-order valence-corrected chi connectivity index (χ3v) is 10.8. The minimum atomic E-state index is -3.18. The number of aromatic nitrogens is 1. The summed E-state index contributed by atoms with van der Waals surface area (Å²) >= 11 is 3.45. The average molecular weight is 565 g/mol. The zero-order chi connectivity index (χ0) is 26.6. The van der Waals surface area contributed by atoms with E-state index in [9.17, 15) is 13.2 Å². The molecule has 37 heavy (non-hydrogen) atoms. The number of amides is 1. The van der Waals surface area contributed by atoms with Gasteiger partial charge in [-0.1, -0.05) is 0 Å². The fourth-order valence-corrected chi connectivity index (χ4v) is 7.80. The molecule has 2 aromatic heterocycles. The molecule has 1 aliphatic rings. The normalized spacial score (nSPS) is 15.7. The quantitative estimate of drug-likeness (QED) is 0.289. The van der Waals surface area contributed by atoms with Crippen molar-refractivity contribution in [1.29, 1.82) is 0 Å². The molecule has 0 bridgehead atoms. The molecule has 0 atom stereocenters. The number of H-pyrrole nitrogens is 1. The Bertz CT molecular complexity index is 1330. The number of carbonyl (C=O) groups excluding carboxylic acids is 1. The monoisotopic (exact) mass is 564 g/mol. The largest absolute Gasteiger partial charge is 0.396 e. The lowest BCUT2D eigenvalue weighted by atomic mass is 9.88. The molecule has 4 rings (SSSR count). The van der Waals surface area contributed by atoms with Crippen LogP contribution in [0.4, 0.5) is 0 Å². The van der Waals surface area contributed by atoms with Crippen LogP contribution in [-0.2, 0) is 16.6 Å². The van der Waals surface area contributed by atoms with Gasteiger partial charge < -0.3 is 20.7 Å². The van der Waals surface area contributed by atoms with Crippen LogP contribution < -0.4 is 5.73 Å². The summed E-state index contributed by atoms with van der Waals surface area (Å²) in [4.78, 5) is 19.2. The molecule has 0 saturated carbocycles. The predicted molar refractivity (Wildman–Crippen MR) is 154 cm³/mol. The Balaban J connectivity index is 1.56. The van der Waals surface area contributed by atoms with E-state index >= 15 is 0 Å². The topological polar surface area (TPSA) is 120 Å². The number of sulfonamides is 1. The van der Waals surface area contributed by atoms with Crippen LogP contribution >= 0.6 is 23.1 Å². The van der Waals surface area contributed by atoms with E-state index in [0.29, 0.717) is 18.7 Å². The van der Waals surface area contributed by atoms with Gasteiger partial charge in [0.1, 0.15) is 0 Å². The van der Waals surface area contributed by atoms with E-state index in [0.717, 1.165) is 65.0 Å². The highest BCUT2D eigenvalue weighted by Crippen LogP contribution is 2.38. The zero-order valence-electron chi connectivity index (χ0n) is 21.4. The SMILES string of the molecule is CCS(=O)(=O)N1CCC(c2c[nH]c3c(C(N)=O)cc(-c4csc(CN(C)CCSCCO)c4)cc23)CC1. The molecule has 3 aromatic rings. The van der Waals surface area contributed by atoms with Gasteiger partial charge >= 0.3 is 0 Å². The Labute approximate surface area is 227 Å². The summed E-state index contributed by atoms with van der Waals surface area (Å²) in [7, 11) is -1.08. The molecule has 0 unspecified atom stereocenters. The van der Waals surface area contributed by atoms with Crippen LogP contribution in [0.5, 0.6) is 0 Å². The lowest BCUT2D eigenvalue weighted by molar-refractivity contribution is 0.100. The minimum Gasteiger partial charge on any atom is -0.396 e. The molecule has 0 radical (unpaired) electrons. The molecule has 8 nitrogen and oxygen atoms in total. The van der Waals surface area contributed by atoms with Gasteiger partial charge in [0, 0.05) is 54.1 Å². The molecule has 4 N–H and O–H groups in total. The van der Waals surface area contributed by atoms with E-state index in [1.807, 2.05) is 12.3 Å². The number of piperidine rings is 1. The molecule has 1 aliphatic heterocycles. The Kier molecular flexibility index (Phi) is 9.36. The zero-order valence-corrected chi connectivity index (χ0v) is 23.9. The van der Waals surface area contributed by atoms with Crippen molar-refractivity contribution >= 4 is 49.9 Å². The van der Waals surface area contributed by atoms with Gasteiger partial charge in [0.2, 0.25) is 10.0 Å². The second-order valence-electron chi connectivity index (χ2n) is 9.50. The number of nitrogens with two attached hydrogens (primary N) is 1. The number of aliphatic hydroxyl groups is 1. The lowest BCUT2D eigenvalue weighted by Crippen LogP contribution is -2.38. The van der Waals surface area contributed by atoms with Crippen LogP contribution in [-0.4, -0.2) is 84.2 Å². The number of nitrogens with zero attached hydrogens (tertiary/aromatic N) is 2.